The number of amides is 1. The van der Waals surface area contributed by atoms with Crippen molar-refractivity contribution in [1.29, 1.82) is 0 Å². The molecular formula is C26H34ClF3N4O5S. The van der Waals surface area contributed by atoms with Crippen LogP contribution in [0.4, 0.5) is 23.8 Å². The van der Waals surface area contributed by atoms with E-state index >= 15 is 0 Å². The summed E-state index contributed by atoms with van der Waals surface area (Å²) in [5.41, 5.74) is -1.97. The third-order valence-electron chi connectivity index (χ3n) is 6.80. The van der Waals surface area contributed by atoms with Crippen LogP contribution in [0.5, 0.6) is 0 Å². The number of ether oxygens (including phenoxy) is 3. The Morgan fingerprint density at radius 2 is 1.88 bits per heavy atom. The van der Waals surface area contributed by atoms with Gasteiger partial charge in [0.1, 0.15) is 11.4 Å². The number of hydrogen-bond acceptors (Lipinski definition) is 8. The monoisotopic (exact) mass is 606 g/mol. The molecule has 222 valence electrons. The fraction of sp³-hybridized carbons (Fsp3) is 0.654. The molecule has 9 nitrogen and oxygen atoms in total. The number of thioether (sulfide) groups is 1. The SMILES string of the molecule is COCCOC[C@H]1CSc2c(Cl)c(C(F)(F)F)cc3c(N4C[C@@H](C)N(C(=O)OC(C)(C)C)C[C@@H]4C)nc(=O)n1c23. The van der Waals surface area contributed by atoms with Gasteiger partial charge in [0.25, 0.3) is 0 Å². The summed E-state index contributed by atoms with van der Waals surface area (Å²) in [7, 11) is 1.54. The number of nitrogens with zero attached hydrogens (tertiary/aromatic N) is 4. The zero-order valence-corrected chi connectivity index (χ0v) is 24.9. The quantitative estimate of drug-likeness (QED) is 0.414. The third kappa shape index (κ3) is 6.17. The van der Waals surface area contributed by atoms with E-state index in [-0.39, 0.29) is 47.9 Å². The van der Waals surface area contributed by atoms with Crippen LogP contribution in [-0.2, 0) is 20.4 Å². The predicted octanol–water partition coefficient (Wildman–Crippen LogP) is 5.21. The molecule has 0 bridgehead atoms. The Kier molecular flexibility index (Phi) is 8.89. The summed E-state index contributed by atoms with van der Waals surface area (Å²) in [6, 6.07) is -0.208. The fourth-order valence-corrected chi connectivity index (χ4v) is 6.57. The number of methoxy groups -OCH3 is 1. The van der Waals surface area contributed by atoms with Crippen molar-refractivity contribution in [2.45, 2.75) is 69.4 Å². The highest BCUT2D eigenvalue weighted by molar-refractivity contribution is 7.99. The van der Waals surface area contributed by atoms with E-state index in [1.54, 1.807) is 37.7 Å². The van der Waals surface area contributed by atoms with Gasteiger partial charge in [-0.3, -0.25) is 4.57 Å². The number of benzene rings is 1. The second-order valence-electron chi connectivity index (χ2n) is 11.1. The van der Waals surface area contributed by atoms with Gasteiger partial charge in [-0.05, 0) is 40.7 Å². The summed E-state index contributed by atoms with van der Waals surface area (Å²) < 4.78 is 59.9. The number of aromatic nitrogens is 2. The lowest BCUT2D eigenvalue weighted by atomic mass is 10.1. The molecule has 0 spiro atoms. The maximum absolute atomic E-state index is 14.1. The Morgan fingerprint density at radius 1 is 1.18 bits per heavy atom. The summed E-state index contributed by atoms with van der Waals surface area (Å²) >= 11 is 7.49. The molecular weight excluding hydrogens is 573 g/mol. The first-order chi connectivity index (χ1) is 18.6. The molecule has 1 amide bonds. The first kappa shape index (κ1) is 30.7. The Labute approximate surface area is 239 Å². The van der Waals surface area contributed by atoms with E-state index in [0.717, 1.165) is 6.07 Å². The van der Waals surface area contributed by atoms with Crippen LogP contribution < -0.4 is 10.6 Å². The van der Waals surface area contributed by atoms with Crippen molar-refractivity contribution in [3.05, 3.63) is 27.1 Å². The van der Waals surface area contributed by atoms with Gasteiger partial charge in [0.05, 0.1) is 46.9 Å². The molecule has 1 aromatic heterocycles. The molecule has 4 rings (SSSR count). The topological polar surface area (TPSA) is 86.1 Å². The molecule has 0 saturated carbocycles. The number of halogens is 4. The van der Waals surface area contributed by atoms with Crippen molar-refractivity contribution in [3.63, 3.8) is 0 Å². The third-order valence-corrected chi connectivity index (χ3v) is 8.55. The number of piperazine rings is 1. The summed E-state index contributed by atoms with van der Waals surface area (Å²) in [6.07, 6.45) is -5.19. The van der Waals surface area contributed by atoms with Crippen molar-refractivity contribution in [2.24, 2.45) is 0 Å². The maximum atomic E-state index is 14.1. The molecule has 0 radical (unpaired) electrons. The van der Waals surface area contributed by atoms with Crippen molar-refractivity contribution < 1.29 is 32.2 Å². The largest absolute Gasteiger partial charge is 0.444 e. The van der Waals surface area contributed by atoms with Crippen LogP contribution in [-0.4, -0.2) is 84.0 Å². The van der Waals surface area contributed by atoms with E-state index in [1.807, 2.05) is 13.8 Å². The first-order valence-electron chi connectivity index (χ1n) is 13.0. The zero-order valence-electron chi connectivity index (χ0n) is 23.3. The average Bonchev–Trinajstić information content (AvgIpc) is 2.84. The molecule has 1 fully saturated rings. The lowest BCUT2D eigenvalue weighted by Gasteiger charge is -2.45. The molecule has 3 heterocycles. The van der Waals surface area contributed by atoms with Crippen LogP contribution in [0.3, 0.4) is 0 Å². The molecule has 0 unspecified atom stereocenters. The van der Waals surface area contributed by atoms with Crippen LogP contribution in [0.2, 0.25) is 5.02 Å². The normalized spacial score (nSPS) is 21.7. The van der Waals surface area contributed by atoms with Gasteiger partial charge in [-0.2, -0.15) is 18.2 Å². The van der Waals surface area contributed by atoms with Gasteiger partial charge in [0, 0.05) is 43.4 Å². The van der Waals surface area contributed by atoms with Gasteiger partial charge in [-0.1, -0.05) is 11.6 Å². The van der Waals surface area contributed by atoms with Crippen molar-refractivity contribution in [2.75, 3.05) is 50.7 Å². The molecule has 2 aliphatic rings. The summed E-state index contributed by atoms with van der Waals surface area (Å²) in [5, 5.41) is -0.268. The molecule has 2 aliphatic heterocycles. The first-order valence-corrected chi connectivity index (χ1v) is 14.3. The van der Waals surface area contributed by atoms with E-state index in [9.17, 15) is 22.8 Å². The Morgan fingerprint density at radius 3 is 2.50 bits per heavy atom. The summed E-state index contributed by atoms with van der Waals surface area (Å²) in [4.78, 5) is 34.2. The van der Waals surface area contributed by atoms with Crippen LogP contribution in [0.15, 0.2) is 15.8 Å². The Hall–Kier alpha value is -2.22. The molecule has 14 heteroatoms. The highest BCUT2D eigenvalue weighted by atomic mass is 35.5. The van der Waals surface area contributed by atoms with E-state index in [0.29, 0.717) is 24.5 Å². The van der Waals surface area contributed by atoms with Crippen LogP contribution in [0.1, 0.15) is 46.2 Å². The second kappa shape index (κ2) is 11.6. The molecule has 40 heavy (non-hydrogen) atoms. The number of hydrogen-bond donors (Lipinski definition) is 0. The van der Waals surface area contributed by atoms with Gasteiger partial charge in [-0.15, -0.1) is 11.8 Å². The van der Waals surface area contributed by atoms with Crippen molar-refractivity contribution in [3.8, 4) is 0 Å². The van der Waals surface area contributed by atoms with Gasteiger partial charge >= 0.3 is 18.0 Å². The number of alkyl halides is 3. The van der Waals surface area contributed by atoms with E-state index in [4.69, 9.17) is 25.8 Å². The van der Waals surface area contributed by atoms with Gasteiger partial charge in [0.2, 0.25) is 0 Å². The van der Waals surface area contributed by atoms with E-state index < -0.39 is 40.2 Å². The van der Waals surface area contributed by atoms with Crippen LogP contribution >= 0.6 is 23.4 Å². The van der Waals surface area contributed by atoms with Gasteiger partial charge < -0.3 is 24.0 Å². The minimum Gasteiger partial charge on any atom is -0.444 e. The van der Waals surface area contributed by atoms with Crippen LogP contribution in [0, 0.1) is 0 Å². The maximum Gasteiger partial charge on any atom is 0.417 e. The van der Waals surface area contributed by atoms with Crippen LogP contribution in [0.25, 0.3) is 10.9 Å². The fourth-order valence-electron chi connectivity index (χ4n) is 4.97. The van der Waals surface area contributed by atoms with E-state index in [2.05, 4.69) is 4.98 Å². The van der Waals surface area contributed by atoms with Crippen molar-refractivity contribution >= 4 is 46.2 Å². The molecule has 0 aliphatic carbocycles. The number of anilines is 1. The predicted molar refractivity (Wildman–Crippen MR) is 148 cm³/mol. The Balaban J connectivity index is 1.81. The van der Waals surface area contributed by atoms with Gasteiger partial charge in [0.15, 0.2) is 0 Å². The lowest BCUT2D eigenvalue weighted by molar-refractivity contribution is -0.137. The standard InChI is InChI=1S/C26H34ClF3N4O5S/c1-14-11-33(24(36)39-25(3,4)5)15(2)10-32(14)22-17-9-18(26(28,29)30)19(27)21-20(17)34(23(35)31-22)16(13-40-21)12-38-8-7-37-6/h9,14-16H,7-8,10-13H2,1-6H3/t14-,15+,16-/m0/s1. The van der Waals surface area contributed by atoms with Crippen molar-refractivity contribution in [1.82, 2.24) is 14.5 Å². The molecule has 2 aromatic rings. The minimum absolute atomic E-state index is 0.129. The summed E-state index contributed by atoms with van der Waals surface area (Å²) in [6.45, 7) is 10.3. The molecule has 1 saturated heterocycles. The van der Waals surface area contributed by atoms with E-state index in [1.165, 1.54) is 16.3 Å². The second-order valence-corrected chi connectivity index (χ2v) is 12.5. The smallest absolute Gasteiger partial charge is 0.417 e. The average molecular weight is 607 g/mol. The summed E-state index contributed by atoms with van der Waals surface area (Å²) in [5.74, 6) is 0.420. The molecule has 3 atom stereocenters. The molecule has 0 N–H and O–H groups in total. The number of rotatable bonds is 6. The number of carbonyl (C=O) groups excluding carboxylic acids is 1. The Bertz CT molecular complexity index is 1330. The zero-order chi connectivity index (χ0) is 29.6. The highest BCUT2D eigenvalue weighted by Crippen LogP contribution is 2.48. The van der Waals surface area contributed by atoms with Gasteiger partial charge in [-0.25, -0.2) is 9.59 Å². The molecule has 1 aromatic carbocycles. The lowest BCUT2D eigenvalue weighted by Crippen LogP contribution is -2.59. The minimum atomic E-state index is -4.71. The highest BCUT2D eigenvalue weighted by Gasteiger charge is 2.40. The number of carbonyl (C=O) groups is 1.